The Balaban J connectivity index is 3.21. The molecular formula is C32H52O2. The van der Waals surface area contributed by atoms with Gasteiger partial charge in [0, 0.05) is 0 Å². The third-order valence-corrected chi connectivity index (χ3v) is 6.18. The summed E-state index contributed by atoms with van der Waals surface area (Å²) in [6.45, 7) is 0. The average molecular weight is 469 g/mol. The van der Waals surface area contributed by atoms with Crippen molar-refractivity contribution in [2.75, 3.05) is 0 Å². The van der Waals surface area contributed by atoms with E-state index in [-0.39, 0.29) is 6.10 Å². The van der Waals surface area contributed by atoms with Crippen molar-refractivity contribution < 1.29 is 10.2 Å². The summed E-state index contributed by atoms with van der Waals surface area (Å²) in [7, 11) is 0. The molecule has 0 saturated heterocycles. The number of aliphatic hydroxyl groups excluding tert-OH is 2. The zero-order valence-corrected chi connectivity index (χ0v) is 21.8. The van der Waals surface area contributed by atoms with Gasteiger partial charge in [0.1, 0.15) is 6.10 Å². The molecule has 0 radical (unpaired) electrons. The molecule has 0 aliphatic carbocycles. The molecule has 0 rings (SSSR count). The summed E-state index contributed by atoms with van der Waals surface area (Å²) in [5, 5.41) is 18.9. The first-order valence-corrected chi connectivity index (χ1v) is 14.0. The van der Waals surface area contributed by atoms with Gasteiger partial charge >= 0.3 is 0 Å². The van der Waals surface area contributed by atoms with Crippen LogP contribution in [-0.2, 0) is 0 Å². The van der Waals surface area contributed by atoms with E-state index in [1.54, 1.807) is 18.2 Å². The Bertz CT molecular complexity index is 587. The maximum Gasteiger partial charge on any atom is 0.133 e. The normalized spacial score (nSPS) is 13.5. The highest BCUT2D eigenvalue weighted by atomic mass is 16.3. The van der Waals surface area contributed by atoms with Gasteiger partial charge in [-0.1, -0.05) is 114 Å². The summed E-state index contributed by atoms with van der Waals surface area (Å²) in [4.78, 5) is 0. The van der Waals surface area contributed by atoms with E-state index < -0.39 is 6.10 Å². The molecule has 192 valence electrons. The second-order valence-corrected chi connectivity index (χ2v) is 9.42. The molecule has 0 bridgehead atoms. The molecule has 34 heavy (non-hydrogen) atoms. The highest BCUT2D eigenvalue weighted by Crippen LogP contribution is 2.13. The Kier molecular flexibility index (Phi) is 26.1. The summed E-state index contributed by atoms with van der Waals surface area (Å²) >= 11 is 0. The molecular weight excluding hydrogens is 416 g/mol. The van der Waals surface area contributed by atoms with Crippen LogP contribution in [0.1, 0.15) is 128 Å². The number of terminal acetylenes is 2. The minimum Gasteiger partial charge on any atom is -0.389 e. The van der Waals surface area contributed by atoms with Gasteiger partial charge in [-0.2, -0.15) is 0 Å². The topological polar surface area (TPSA) is 40.5 Å². The molecule has 0 saturated carbocycles. The van der Waals surface area contributed by atoms with E-state index in [1.807, 2.05) is 6.08 Å². The van der Waals surface area contributed by atoms with Crippen LogP contribution >= 0.6 is 0 Å². The summed E-state index contributed by atoms with van der Waals surface area (Å²) < 4.78 is 0. The SMILES string of the molecule is C#CC=C[C@@H](O)CCCCCCCCCCCC=CCCCCCCCCCC=C[C@@H](O)C#C. The number of rotatable bonds is 24. The molecule has 2 N–H and O–H groups in total. The van der Waals surface area contributed by atoms with Crippen LogP contribution in [0.25, 0.3) is 0 Å². The van der Waals surface area contributed by atoms with E-state index >= 15 is 0 Å². The summed E-state index contributed by atoms with van der Waals surface area (Å²) in [5.41, 5.74) is 0. The third kappa shape index (κ3) is 26.5. The maximum atomic E-state index is 9.67. The maximum absolute atomic E-state index is 9.67. The lowest BCUT2D eigenvalue weighted by Crippen LogP contribution is -2.01. The van der Waals surface area contributed by atoms with Crippen molar-refractivity contribution in [2.24, 2.45) is 0 Å². The Labute approximate surface area is 212 Å². The van der Waals surface area contributed by atoms with Crippen LogP contribution in [0.5, 0.6) is 0 Å². The summed E-state index contributed by atoms with van der Waals surface area (Å²) in [6.07, 6.45) is 46.1. The van der Waals surface area contributed by atoms with Crippen molar-refractivity contribution >= 4 is 0 Å². The van der Waals surface area contributed by atoms with Crippen molar-refractivity contribution in [3.8, 4) is 24.7 Å². The Morgan fingerprint density at radius 3 is 1.38 bits per heavy atom. The van der Waals surface area contributed by atoms with Gasteiger partial charge in [-0.05, 0) is 63.2 Å². The largest absolute Gasteiger partial charge is 0.389 e. The molecule has 0 fully saturated rings. The summed E-state index contributed by atoms with van der Waals surface area (Å²) in [6, 6.07) is 0. The summed E-state index contributed by atoms with van der Waals surface area (Å²) in [5.74, 6) is 4.71. The van der Waals surface area contributed by atoms with Crippen LogP contribution < -0.4 is 0 Å². The smallest absolute Gasteiger partial charge is 0.133 e. The van der Waals surface area contributed by atoms with Crippen LogP contribution in [0.3, 0.4) is 0 Å². The zero-order valence-electron chi connectivity index (χ0n) is 21.8. The van der Waals surface area contributed by atoms with Crippen LogP contribution in [0.4, 0.5) is 0 Å². The highest BCUT2D eigenvalue weighted by molar-refractivity contribution is 5.10. The molecule has 0 unspecified atom stereocenters. The quantitative estimate of drug-likeness (QED) is 0.0847. The lowest BCUT2D eigenvalue weighted by atomic mass is 10.0. The monoisotopic (exact) mass is 468 g/mol. The van der Waals surface area contributed by atoms with Gasteiger partial charge in [-0.25, -0.2) is 0 Å². The molecule has 0 aliphatic heterocycles. The molecule has 0 heterocycles. The van der Waals surface area contributed by atoms with Gasteiger partial charge in [0.15, 0.2) is 0 Å². The predicted octanol–water partition coefficient (Wildman–Crippen LogP) is 8.45. The van der Waals surface area contributed by atoms with Crippen molar-refractivity contribution in [3.05, 3.63) is 36.5 Å². The van der Waals surface area contributed by atoms with Crippen LogP contribution in [0.15, 0.2) is 36.5 Å². The second kappa shape index (κ2) is 27.5. The Morgan fingerprint density at radius 2 is 0.941 bits per heavy atom. The molecule has 0 aromatic heterocycles. The zero-order chi connectivity index (χ0) is 25.0. The fourth-order valence-corrected chi connectivity index (χ4v) is 4.04. The number of allylic oxidation sites excluding steroid dienone is 4. The molecule has 0 aromatic rings. The number of unbranched alkanes of at least 4 members (excludes halogenated alkanes) is 17. The van der Waals surface area contributed by atoms with E-state index in [0.717, 1.165) is 19.3 Å². The van der Waals surface area contributed by atoms with Gasteiger partial charge in [0.2, 0.25) is 0 Å². The first kappa shape index (κ1) is 32.3. The molecule has 0 amide bonds. The first-order valence-electron chi connectivity index (χ1n) is 14.0. The lowest BCUT2D eigenvalue weighted by molar-refractivity contribution is 0.208. The standard InChI is InChI=1S/C32H52O2/c1-3-5-28-32(34)30-27-25-23-21-19-17-15-13-11-9-7-6-8-10-12-14-16-18-20-22-24-26-29-31(33)4-2/h1-2,5-7,26,28-29,31-34H,8-25,27,30H2/t31-,32+/m0/s1. The molecule has 0 spiro atoms. The number of aliphatic hydroxyl groups is 2. The van der Waals surface area contributed by atoms with Crippen LogP contribution in [0, 0.1) is 24.7 Å². The molecule has 2 nitrogen and oxygen atoms in total. The van der Waals surface area contributed by atoms with Crippen LogP contribution in [0.2, 0.25) is 0 Å². The van der Waals surface area contributed by atoms with Crippen molar-refractivity contribution in [3.63, 3.8) is 0 Å². The van der Waals surface area contributed by atoms with E-state index in [0.29, 0.717) is 0 Å². The fourth-order valence-electron chi connectivity index (χ4n) is 4.04. The van der Waals surface area contributed by atoms with Crippen molar-refractivity contribution in [2.45, 2.75) is 141 Å². The molecule has 0 aliphatic rings. The Morgan fingerprint density at radius 1 is 0.529 bits per heavy atom. The highest BCUT2D eigenvalue weighted by Gasteiger charge is 1.98. The van der Waals surface area contributed by atoms with Gasteiger partial charge in [0.05, 0.1) is 6.10 Å². The third-order valence-electron chi connectivity index (χ3n) is 6.18. The molecule has 2 atom stereocenters. The van der Waals surface area contributed by atoms with E-state index in [1.165, 1.54) is 109 Å². The fraction of sp³-hybridized carbons (Fsp3) is 0.688. The van der Waals surface area contributed by atoms with Gasteiger partial charge in [0.25, 0.3) is 0 Å². The van der Waals surface area contributed by atoms with Crippen LogP contribution in [-0.4, -0.2) is 22.4 Å². The average Bonchev–Trinajstić information content (AvgIpc) is 2.85. The molecule has 0 aromatic carbocycles. The predicted molar refractivity (Wildman–Crippen MR) is 149 cm³/mol. The number of hydrogen-bond acceptors (Lipinski definition) is 2. The minimum absolute atomic E-state index is 0.373. The Hall–Kier alpha value is -1.74. The lowest BCUT2D eigenvalue weighted by Gasteiger charge is -2.05. The molecule has 2 heteroatoms. The van der Waals surface area contributed by atoms with E-state index in [4.69, 9.17) is 12.8 Å². The van der Waals surface area contributed by atoms with Crippen molar-refractivity contribution in [1.29, 1.82) is 0 Å². The second-order valence-electron chi connectivity index (χ2n) is 9.42. The van der Waals surface area contributed by atoms with Gasteiger partial charge in [-0.3, -0.25) is 0 Å². The first-order chi connectivity index (χ1) is 16.7. The van der Waals surface area contributed by atoms with Gasteiger partial charge in [-0.15, -0.1) is 12.8 Å². The minimum atomic E-state index is -0.721. The van der Waals surface area contributed by atoms with E-state index in [2.05, 4.69) is 24.0 Å². The van der Waals surface area contributed by atoms with E-state index in [9.17, 15) is 10.2 Å². The van der Waals surface area contributed by atoms with Gasteiger partial charge < -0.3 is 10.2 Å². The number of hydrogen-bond donors (Lipinski definition) is 2. The van der Waals surface area contributed by atoms with Crippen molar-refractivity contribution in [1.82, 2.24) is 0 Å².